The molecule has 114 valence electrons. The largest absolute Gasteiger partial charge is 0.345 e. The summed E-state index contributed by atoms with van der Waals surface area (Å²) in [7, 11) is 1.58. The number of carbonyl (C=O) groups is 1. The quantitative estimate of drug-likeness (QED) is 0.894. The normalized spacial score (nSPS) is 21.9. The number of aromatic nitrogens is 1. The van der Waals surface area contributed by atoms with Crippen LogP contribution in [-0.2, 0) is 10.3 Å². The molecule has 1 fully saturated rings. The Morgan fingerprint density at radius 1 is 1.41 bits per heavy atom. The first-order valence-corrected chi connectivity index (χ1v) is 7.56. The van der Waals surface area contributed by atoms with Gasteiger partial charge >= 0.3 is 0 Å². The molecule has 1 aliphatic rings. The minimum Gasteiger partial charge on any atom is -0.345 e. The van der Waals surface area contributed by atoms with Crippen LogP contribution in [0.3, 0.4) is 0 Å². The predicted molar refractivity (Wildman–Crippen MR) is 83.1 cm³/mol. The third kappa shape index (κ3) is 2.48. The molecule has 2 aromatic rings. The number of nitrogens with one attached hydrogen (secondary N) is 2. The van der Waals surface area contributed by atoms with Crippen molar-refractivity contribution in [1.29, 1.82) is 5.41 Å². The zero-order valence-electron chi connectivity index (χ0n) is 12.2. The Hall–Kier alpha value is -2.28. The number of halogens is 1. The highest BCUT2D eigenvalue weighted by molar-refractivity contribution is 7.15. The molecule has 1 aromatic carbocycles. The van der Waals surface area contributed by atoms with Gasteiger partial charge in [-0.3, -0.25) is 15.1 Å². The molecule has 0 spiro atoms. The molecule has 22 heavy (non-hydrogen) atoms. The van der Waals surface area contributed by atoms with E-state index in [1.54, 1.807) is 25.4 Å². The summed E-state index contributed by atoms with van der Waals surface area (Å²) >= 11 is 1.44. The van der Waals surface area contributed by atoms with E-state index in [1.165, 1.54) is 28.4 Å². The van der Waals surface area contributed by atoms with Gasteiger partial charge in [0.2, 0.25) is 5.91 Å². The van der Waals surface area contributed by atoms with Gasteiger partial charge in [0.25, 0.3) is 0 Å². The van der Waals surface area contributed by atoms with Gasteiger partial charge in [-0.1, -0.05) is 0 Å². The van der Waals surface area contributed by atoms with Crippen LogP contribution < -0.4 is 5.32 Å². The van der Waals surface area contributed by atoms with Crippen molar-refractivity contribution in [2.24, 2.45) is 0 Å². The lowest BCUT2D eigenvalue weighted by Gasteiger charge is -2.38. The molecule has 0 aliphatic carbocycles. The molecule has 5 nitrogen and oxygen atoms in total. The van der Waals surface area contributed by atoms with E-state index in [9.17, 15) is 9.18 Å². The van der Waals surface area contributed by atoms with Crippen LogP contribution in [0.4, 0.5) is 4.39 Å². The first-order valence-electron chi connectivity index (χ1n) is 6.74. The summed E-state index contributed by atoms with van der Waals surface area (Å²) in [5.41, 5.74) is 0.187. The number of rotatable bonds is 2. The number of guanidine groups is 1. The molecule has 3 rings (SSSR count). The van der Waals surface area contributed by atoms with Crippen LogP contribution in [0.5, 0.6) is 0 Å². The Bertz CT molecular complexity index is 722. The topological polar surface area (TPSA) is 69.1 Å². The van der Waals surface area contributed by atoms with Gasteiger partial charge in [-0.05, 0) is 31.2 Å². The Balaban J connectivity index is 1.91. The Labute approximate surface area is 131 Å². The van der Waals surface area contributed by atoms with Gasteiger partial charge in [-0.25, -0.2) is 9.37 Å². The lowest BCUT2D eigenvalue weighted by molar-refractivity contribution is -0.129. The fourth-order valence-electron chi connectivity index (χ4n) is 2.34. The van der Waals surface area contributed by atoms with Crippen LogP contribution in [0.1, 0.15) is 18.2 Å². The van der Waals surface area contributed by atoms with Crippen molar-refractivity contribution >= 4 is 23.2 Å². The number of carbonyl (C=O) groups excluding carboxylic acids is 1. The van der Waals surface area contributed by atoms with E-state index in [4.69, 9.17) is 5.41 Å². The number of amides is 1. The molecule has 7 heteroatoms. The molecule has 0 saturated carbocycles. The molecular formula is C15H15FN4OS. The van der Waals surface area contributed by atoms with Gasteiger partial charge in [0.05, 0.1) is 16.8 Å². The standard InChI is InChI=1S/C15H15FN4OS/c1-15(7-12(21)20(2)14(17)19-15)11-8-18-13(22-11)9-3-5-10(16)6-4-9/h3-6,8H,7H2,1-2H3,(H2,17,19)/t15-/m0/s1. The van der Waals surface area contributed by atoms with E-state index < -0.39 is 5.54 Å². The van der Waals surface area contributed by atoms with Gasteiger partial charge in [0, 0.05) is 18.8 Å². The Morgan fingerprint density at radius 2 is 2.09 bits per heavy atom. The maximum atomic E-state index is 13.0. The Morgan fingerprint density at radius 3 is 2.73 bits per heavy atom. The minimum absolute atomic E-state index is 0.0792. The predicted octanol–water partition coefficient (Wildman–Crippen LogP) is 2.55. The van der Waals surface area contributed by atoms with Crippen molar-refractivity contribution < 1.29 is 9.18 Å². The van der Waals surface area contributed by atoms with Crippen molar-refractivity contribution in [2.45, 2.75) is 18.9 Å². The molecule has 2 N–H and O–H groups in total. The third-order valence-corrected chi connectivity index (χ3v) is 5.06. The van der Waals surface area contributed by atoms with Gasteiger partial charge in [0.15, 0.2) is 5.96 Å². The summed E-state index contributed by atoms with van der Waals surface area (Å²) in [6.07, 6.45) is 1.97. The smallest absolute Gasteiger partial charge is 0.231 e. The number of hydrogen-bond acceptors (Lipinski definition) is 4. The van der Waals surface area contributed by atoms with Gasteiger partial charge < -0.3 is 5.32 Å². The van der Waals surface area contributed by atoms with Crippen molar-refractivity contribution in [3.63, 3.8) is 0 Å². The average Bonchev–Trinajstić information content (AvgIpc) is 2.96. The van der Waals surface area contributed by atoms with E-state index in [1.807, 2.05) is 6.92 Å². The second-order valence-electron chi connectivity index (χ2n) is 5.47. The van der Waals surface area contributed by atoms with E-state index in [-0.39, 0.29) is 24.1 Å². The van der Waals surface area contributed by atoms with Crippen molar-refractivity contribution in [1.82, 2.24) is 15.2 Å². The molecule has 1 amide bonds. The molecule has 2 heterocycles. The van der Waals surface area contributed by atoms with Crippen LogP contribution in [0, 0.1) is 11.2 Å². The van der Waals surface area contributed by atoms with Gasteiger partial charge in [-0.2, -0.15) is 0 Å². The number of hydrogen-bond donors (Lipinski definition) is 2. The first kappa shape index (κ1) is 14.6. The highest BCUT2D eigenvalue weighted by atomic mass is 32.1. The molecule has 1 atom stereocenters. The van der Waals surface area contributed by atoms with Crippen LogP contribution in [0.15, 0.2) is 30.5 Å². The summed E-state index contributed by atoms with van der Waals surface area (Å²) in [6, 6.07) is 6.14. The second kappa shape index (κ2) is 5.17. The van der Waals surface area contributed by atoms with Crippen LogP contribution >= 0.6 is 11.3 Å². The molecule has 1 aliphatic heterocycles. The highest BCUT2D eigenvalue weighted by Crippen LogP contribution is 2.35. The first-order chi connectivity index (χ1) is 10.4. The van der Waals surface area contributed by atoms with Gasteiger partial charge in [-0.15, -0.1) is 11.3 Å². The Kier molecular flexibility index (Phi) is 3.44. The fourth-order valence-corrected chi connectivity index (χ4v) is 3.36. The molecular weight excluding hydrogens is 303 g/mol. The molecule has 1 aromatic heterocycles. The van der Waals surface area contributed by atoms with Crippen LogP contribution in [-0.4, -0.2) is 28.8 Å². The van der Waals surface area contributed by atoms with E-state index in [0.29, 0.717) is 0 Å². The maximum absolute atomic E-state index is 13.0. The number of nitrogens with zero attached hydrogens (tertiary/aromatic N) is 2. The number of benzene rings is 1. The molecule has 0 radical (unpaired) electrons. The fraction of sp³-hybridized carbons (Fsp3) is 0.267. The average molecular weight is 318 g/mol. The van der Waals surface area contributed by atoms with Crippen LogP contribution in [0.25, 0.3) is 10.6 Å². The maximum Gasteiger partial charge on any atom is 0.231 e. The van der Waals surface area contributed by atoms with Crippen molar-refractivity contribution in [3.05, 3.63) is 41.2 Å². The summed E-state index contributed by atoms with van der Waals surface area (Å²) in [5, 5.41) is 11.7. The van der Waals surface area contributed by atoms with Crippen molar-refractivity contribution in [3.8, 4) is 10.6 Å². The van der Waals surface area contributed by atoms with E-state index in [0.717, 1.165) is 15.4 Å². The van der Waals surface area contributed by atoms with Crippen LogP contribution in [0.2, 0.25) is 0 Å². The lowest BCUT2D eigenvalue weighted by atomic mass is 9.94. The van der Waals surface area contributed by atoms with Crippen molar-refractivity contribution in [2.75, 3.05) is 7.05 Å². The van der Waals surface area contributed by atoms with E-state index in [2.05, 4.69) is 10.3 Å². The van der Waals surface area contributed by atoms with Gasteiger partial charge in [0.1, 0.15) is 10.8 Å². The summed E-state index contributed by atoms with van der Waals surface area (Å²) in [4.78, 5) is 18.5. The summed E-state index contributed by atoms with van der Waals surface area (Å²) < 4.78 is 13.0. The summed E-state index contributed by atoms with van der Waals surface area (Å²) in [6.45, 7) is 1.88. The SMILES string of the molecule is CN1C(=N)N[C@](C)(c2cnc(-c3ccc(F)cc3)s2)CC1=O. The van der Waals surface area contributed by atoms with E-state index >= 15 is 0 Å². The lowest BCUT2D eigenvalue weighted by Crippen LogP contribution is -2.57. The number of thiazole rings is 1. The third-order valence-electron chi connectivity index (χ3n) is 3.75. The zero-order valence-corrected chi connectivity index (χ0v) is 13.0. The highest BCUT2D eigenvalue weighted by Gasteiger charge is 2.39. The molecule has 1 saturated heterocycles. The summed E-state index contributed by atoms with van der Waals surface area (Å²) in [5.74, 6) is -0.318. The second-order valence-corrected chi connectivity index (χ2v) is 6.50. The minimum atomic E-state index is -0.642. The monoisotopic (exact) mass is 318 g/mol. The molecule has 0 bridgehead atoms. The molecule has 0 unspecified atom stereocenters. The zero-order chi connectivity index (χ0) is 15.9.